The van der Waals surface area contributed by atoms with Crippen molar-refractivity contribution in [2.75, 3.05) is 11.5 Å². The molecule has 0 atom stereocenters. The summed E-state index contributed by atoms with van der Waals surface area (Å²) >= 11 is 0. The van der Waals surface area contributed by atoms with Crippen LogP contribution < -0.4 is 15.0 Å². The fraction of sp³-hybridized carbons (Fsp3) is 0.370. The van der Waals surface area contributed by atoms with E-state index in [4.69, 9.17) is 9.47 Å². The van der Waals surface area contributed by atoms with Crippen LogP contribution in [0.4, 0.5) is 10.5 Å². The zero-order valence-electron chi connectivity index (χ0n) is 20.1. The van der Waals surface area contributed by atoms with E-state index in [1.165, 1.54) is 0 Å². The van der Waals surface area contributed by atoms with E-state index in [1.807, 2.05) is 69.6 Å². The van der Waals surface area contributed by atoms with Crippen molar-refractivity contribution in [2.45, 2.75) is 58.8 Å². The standard InChI is InChI=1S/C27H32N4O3/c1-27(2,3)34-26(32)30-17-20-9-11-21(12-10-20)18-31(19-22-7-4-5-14-28-22)24-13-15-29-23-8-6-16-33-25(23)24/h4-5,7,9-15H,6,8,16-19H2,1-3H3,(H,30,32). The number of rotatable bonds is 7. The maximum Gasteiger partial charge on any atom is 0.407 e. The van der Waals surface area contributed by atoms with Crippen molar-refractivity contribution in [3.63, 3.8) is 0 Å². The fourth-order valence-corrected chi connectivity index (χ4v) is 3.86. The third-order valence-corrected chi connectivity index (χ3v) is 5.41. The smallest absolute Gasteiger partial charge is 0.407 e. The van der Waals surface area contributed by atoms with Gasteiger partial charge in [0.25, 0.3) is 0 Å². The summed E-state index contributed by atoms with van der Waals surface area (Å²) in [5, 5.41) is 2.81. The average Bonchev–Trinajstić information content (AvgIpc) is 2.82. The van der Waals surface area contributed by atoms with Gasteiger partial charge in [0.2, 0.25) is 0 Å². The van der Waals surface area contributed by atoms with E-state index in [0.29, 0.717) is 26.2 Å². The molecule has 0 unspecified atom stereocenters. The number of fused-ring (bicyclic) bond motifs is 1. The number of hydrogen-bond acceptors (Lipinski definition) is 6. The molecule has 1 aliphatic rings. The van der Waals surface area contributed by atoms with Crippen LogP contribution in [-0.2, 0) is 30.8 Å². The predicted molar refractivity (Wildman–Crippen MR) is 132 cm³/mol. The van der Waals surface area contributed by atoms with Crippen LogP contribution in [-0.4, -0.2) is 28.3 Å². The zero-order chi connectivity index (χ0) is 24.0. The maximum atomic E-state index is 11.9. The van der Waals surface area contributed by atoms with Gasteiger partial charge in [0.05, 0.1) is 30.2 Å². The van der Waals surface area contributed by atoms with E-state index in [9.17, 15) is 4.79 Å². The molecule has 178 valence electrons. The van der Waals surface area contributed by atoms with Crippen molar-refractivity contribution < 1.29 is 14.3 Å². The van der Waals surface area contributed by atoms with Gasteiger partial charge >= 0.3 is 6.09 Å². The molecule has 0 spiro atoms. The normalized spacial score (nSPS) is 12.9. The summed E-state index contributed by atoms with van der Waals surface area (Å²) in [6.45, 7) is 8.02. The van der Waals surface area contributed by atoms with E-state index >= 15 is 0 Å². The van der Waals surface area contributed by atoms with Crippen molar-refractivity contribution in [3.8, 4) is 5.75 Å². The van der Waals surface area contributed by atoms with E-state index in [2.05, 4.69) is 32.3 Å². The fourth-order valence-electron chi connectivity index (χ4n) is 3.86. The molecule has 0 saturated heterocycles. The lowest BCUT2D eigenvalue weighted by Crippen LogP contribution is -2.32. The number of amides is 1. The van der Waals surface area contributed by atoms with Crippen LogP contribution in [0.25, 0.3) is 0 Å². The van der Waals surface area contributed by atoms with Crippen molar-refractivity contribution in [3.05, 3.63) is 83.4 Å². The molecular weight excluding hydrogens is 428 g/mol. The Bertz CT molecular complexity index is 1100. The van der Waals surface area contributed by atoms with Crippen LogP contribution in [0, 0.1) is 0 Å². The minimum Gasteiger partial charge on any atom is -0.489 e. The van der Waals surface area contributed by atoms with Crippen LogP contribution >= 0.6 is 0 Å². The Hall–Kier alpha value is -3.61. The Morgan fingerprint density at radius 1 is 1.03 bits per heavy atom. The zero-order valence-corrected chi connectivity index (χ0v) is 20.1. The first-order chi connectivity index (χ1) is 16.4. The Labute approximate surface area is 201 Å². The molecule has 0 fully saturated rings. The highest BCUT2D eigenvalue weighted by Gasteiger charge is 2.21. The molecule has 34 heavy (non-hydrogen) atoms. The Morgan fingerprint density at radius 3 is 2.56 bits per heavy atom. The van der Waals surface area contributed by atoms with E-state index in [1.54, 1.807) is 0 Å². The molecule has 1 amide bonds. The minimum absolute atomic E-state index is 0.415. The van der Waals surface area contributed by atoms with Gasteiger partial charge in [-0.25, -0.2) is 4.79 Å². The number of anilines is 1. The van der Waals surface area contributed by atoms with Gasteiger partial charge in [-0.05, 0) is 62.9 Å². The second-order valence-electron chi connectivity index (χ2n) is 9.41. The van der Waals surface area contributed by atoms with Crippen molar-refractivity contribution >= 4 is 11.8 Å². The van der Waals surface area contributed by atoms with Crippen molar-refractivity contribution in [1.29, 1.82) is 0 Å². The average molecular weight is 461 g/mol. The molecule has 2 aromatic heterocycles. The SMILES string of the molecule is CC(C)(C)OC(=O)NCc1ccc(CN(Cc2ccccn2)c2ccnc3c2OCCC3)cc1. The van der Waals surface area contributed by atoms with Gasteiger partial charge in [-0.1, -0.05) is 30.3 Å². The number of carbonyl (C=O) groups excluding carboxylic acids is 1. The molecule has 3 aromatic rings. The molecule has 0 bridgehead atoms. The van der Waals surface area contributed by atoms with Gasteiger partial charge in [-0.3, -0.25) is 9.97 Å². The lowest BCUT2D eigenvalue weighted by Gasteiger charge is -2.29. The number of pyridine rings is 2. The van der Waals surface area contributed by atoms with Crippen molar-refractivity contribution in [1.82, 2.24) is 15.3 Å². The number of hydrogen-bond donors (Lipinski definition) is 1. The summed E-state index contributed by atoms with van der Waals surface area (Å²) in [4.78, 5) is 23.3. The topological polar surface area (TPSA) is 76.6 Å². The lowest BCUT2D eigenvalue weighted by molar-refractivity contribution is 0.0523. The summed E-state index contributed by atoms with van der Waals surface area (Å²) in [6.07, 6.45) is 5.18. The molecule has 7 nitrogen and oxygen atoms in total. The van der Waals surface area contributed by atoms with Gasteiger partial charge in [0, 0.05) is 25.5 Å². The van der Waals surface area contributed by atoms with Gasteiger partial charge in [-0.15, -0.1) is 0 Å². The molecule has 0 radical (unpaired) electrons. The molecule has 1 aliphatic heterocycles. The highest BCUT2D eigenvalue weighted by atomic mass is 16.6. The molecule has 0 aliphatic carbocycles. The predicted octanol–water partition coefficient (Wildman–Crippen LogP) is 5.03. The molecular formula is C27H32N4O3. The largest absolute Gasteiger partial charge is 0.489 e. The third-order valence-electron chi connectivity index (χ3n) is 5.41. The molecule has 1 aromatic carbocycles. The summed E-state index contributed by atoms with van der Waals surface area (Å²) in [5.41, 5.74) is 4.68. The molecule has 7 heteroatoms. The number of aryl methyl sites for hydroxylation is 1. The van der Waals surface area contributed by atoms with E-state index in [-0.39, 0.29) is 0 Å². The first kappa shape index (κ1) is 23.5. The number of ether oxygens (including phenoxy) is 2. The number of carbonyl (C=O) groups is 1. The maximum absolute atomic E-state index is 11.9. The van der Waals surface area contributed by atoms with Crippen LogP contribution in [0.2, 0.25) is 0 Å². The number of aromatic nitrogens is 2. The number of nitrogens with zero attached hydrogens (tertiary/aromatic N) is 3. The summed E-state index contributed by atoms with van der Waals surface area (Å²) < 4.78 is 11.3. The van der Waals surface area contributed by atoms with Gasteiger partial charge in [0.1, 0.15) is 5.60 Å². The molecule has 0 saturated carbocycles. The summed E-state index contributed by atoms with van der Waals surface area (Å²) in [6, 6.07) is 16.2. The highest BCUT2D eigenvalue weighted by molar-refractivity contribution is 5.67. The quantitative estimate of drug-likeness (QED) is 0.533. The molecule has 1 N–H and O–H groups in total. The second-order valence-corrected chi connectivity index (χ2v) is 9.41. The monoisotopic (exact) mass is 460 g/mol. The van der Waals surface area contributed by atoms with Crippen molar-refractivity contribution in [2.24, 2.45) is 0 Å². The number of nitrogens with one attached hydrogen (secondary N) is 1. The molecule has 4 rings (SSSR count). The van der Waals surface area contributed by atoms with E-state index in [0.717, 1.165) is 46.8 Å². The Kier molecular flexibility index (Phi) is 7.30. The minimum atomic E-state index is -0.513. The highest BCUT2D eigenvalue weighted by Crippen LogP contribution is 2.35. The van der Waals surface area contributed by atoms with Crippen LogP contribution in [0.3, 0.4) is 0 Å². The number of alkyl carbamates (subject to hydrolysis) is 1. The Morgan fingerprint density at radius 2 is 1.82 bits per heavy atom. The summed E-state index contributed by atoms with van der Waals surface area (Å²) in [7, 11) is 0. The molecule has 3 heterocycles. The van der Waals surface area contributed by atoms with Crippen LogP contribution in [0.5, 0.6) is 5.75 Å². The van der Waals surface area contributed by atoms with Crippen LogP contribution in [0.15, 0.2) is 60.9 Å². The second kappa shape index (κ2) is 10.5. The first-order valence-corrected chi connectivity index (χ1v) is 11.7. The lowest BCUT2D eigenvalue weighted by atomic mass is 10.1. The van der Waals surface area contributed by atoms with Gasteiger partial charge in [-0.2, -0.15) is 0 Å². The Balaban J connectivity index is 1.49. The number of benzene rings is 1. The van der Waals surface area contributed by atoms with Gasteiger partial charge in [0.15, 0.2) is 5.75 Å². The first-order valence-electron chi connectivity index (χ1n) is 11.7. The van der Waals surface area contributed by atoms with Gasteiger partial charge < -0.3 is 19.7 Å². The summed E-state index contributed by atoms with van der Waals surface area (Å²) in [5.74, 6) is 0.878. The van der Waals surface area contributed by atoms with E-state index < -0.39 is 11.7 Å². The van der Waals surface area contributed by atoms with Crippen LogP contribution in [0.1, 0.15) is 49.7 Å². The third kappa shape index (κ3) is 6.47.